The molecule has 2 amide bonds. The fourth-order valence-corrected chi connectivity index (χ4v) is 5.54. The Hall–Kier alpha value is -4.46. The number of halogens is 1. The largest absolute Gasteiger partial charge is 0.463 e. The molecule has 0 saturated carbocycles. The van der Waals surface area contributed by atoms with E-state index in [1.807, 2.05) is 77.7 Å². The van der Waals surface area contributed by atoms with E-state index in [9.17, 15) is 14.4 Å². The summed E-state index contributed by atoms with van der Waals surface area (Å²) in [5.41, 5.74) is 4.82. The maximum atomic E-state index is 13.9. The van der Waals surface area contributed by atoms with E-state index in [0.29, 0.717) is 29.9 Å². The van der Waals surface area contributed by atoms with Crippen molar-refractivity contribution in [2.24, 2.45) is 0 Å². The second-order valence-corrected chi connectivity index (χ2v) is 10.3. The average molecular weight is 552 g/mol. The lowest BCUT2D eigenvalue weighted by Crippen LogP contribution is -2.51. The number of amides is 2. The van der Waals surface area contributed by atoms with Crippen LogP contribution >= 0.6 is 11.6 Å². The van der Waals surface area contributed by atoms with Gasteiger partial charge in [0.2, 0.25) is 0 Å². The minimum atomic E-state index is -0.275. The number of nitrogens with zero attached hydrogens (tertiary/aromatic N) is 2. The molecule has 4 aromatic carbocycles. The van der Waals surface area contributed by atoms with Crippen molar-refractivity contribution in [2.45, 2.75) is 12.6 Å². The quantitative estimate of drug-likeness (QED) is 0.332. The van der Waals surface area contributed by atoms with Gasteiger partial charge in [-0.25, -0.2) is 0 Å². The fraction of sp³-hybridized carbons (Fsp3) is 0.156. The van der Waals surface area contributed by atoms with Gasteiger partial charge in [-0.1, -0.05) is 78.3 Å². The summed E-state index contributed by atoms with van der Waals surface area (Å²) in [6.45, 7) is 1.31. The molecule has 200 valence electrons. The number of hydrogen-bond acceptors (Lipinski definition) is 5. The highest BCUT2D eigenvalue weighted by Crippen LogP contribution is 2.32. The first-order valence-corrected chi connectivity index (χ1v) is 13.4. The summed E-state index contributed by atoms with van der Waals surface area (Å²) >= 11 is 6.65. The molecule has 2 heterocycles. The highest BCUT2D eigenvalue weighted by Gasteiger charge is 2.36. The number of benzene rings is 4. The van der Waals surface area contributed by atoms with Gasteiger partial charge < -0.3 is 15.0 Å². The highest BCUT2D eigenvalue weighted by molar-refractivity contribution is 6.35. The molecule has 8 heteroatoms. The van der Waals surface area contributed by atoms with E-state index in [-0.39, 0.29) is 42.0 Å². The summed E-state index contributed by atoms with van der Waals surface area (Å²) in [6.07, 6.45) is 0. The third kappa shape index (κ3) is 5.09. The van der Waals surface area contributed by atoms with Crippen LogP contribution in [0, 0.1) is 0 Å². The van der Waals surface area contributed by atoms with E-state index in [1.165, 1.54) is 0 Å². The maximum Gasteiger partial charge on any atom is 0.320 e. The lowest BCUT2D eigenvalue weighted by Gasteiger charge is -2.34. The molecule has 1 unspecified atom stereocenters. The number of ether oxygens (including phenoxy) is 1. The molecule has 1 saturated heterocycles. The second kappa shape index (κ2) is 11.0. The number of carbonyl (C=O) groups is 3. The molecule has 4 aromatic rings. The lowest BCUT2D eigenvalue weighted by molar-refractivity contribution is -0.154. The first-order valence-electron chi connectivity index (χ1n) is 13.0. The molecule has 0 radical (unpaired) electrons. The molecule has 40 heavy (non-hydrogen) atoms. The first-order chi connectivity index (χ1) is 19.5. The van der Waals surface area contributed by atoms with Crippen LogP contribution in [0.25, 0.3) is 11.1 Å². The molecule has 0 aromatic heterocycles. The third-order valence-corrected chi connectivity index (χ3v) is 7.61. The third-order valence-electron chi connectivity index (χ3n) is 7.29. The zero-order valence-electron chi connectivity index (χ0n) is 21.5. The van der Waals surface area contributed by atoms with Gasteiger partial charge in [-0.15, -0.1) is 0 Å². The molecule has 0 bridgehead atoms. The zero-order chi connectivity index (χ0) is 27.6. The standard InChI is InChI=1S/C32H26ClN3O4/c33-28-16-23(34-31(38)26-12-6-5-11-25(26)21-8-2-1-3-9-21)14-15-27(28)32(39)36-18-24-20-40-30(37)19-35(24)17-22-10-4-7-13-29(22)36/h1-16,24H,17-20H2,(H,34,38). The Morgan fingerprint density at radius 2 is 1.60 bits per heavy atom. The summed E-state index contributed by atoms with van der Waals surface area (Å²) < 4.78 is 5.30. The molecule has 1 atom stereocenters. The topological polar surface area (TPSA) is 79.0 Å². The van der Waals surface area contributed by atoms with Gasteiger partial charge in [0.25, 0.3) is 11.8 Å². The molecule has 0 spiro atoms. The number of anilines is 2. The molecular formula is C32H26ClN3O4. The van der Waals surface area contributed by atoms with Gasteiger partial charge in [0, 0.05) is 30.0 Å². The van der Waals surface area contributed by atoms with Crippen molar-refractivity contribution in [3.63, 3.8) is 0 Å². The van der Waals surface area contributed by atoms with Crippen molar-refractivity contribution in [3.8, 4) is 11.1 Å². The van der Waals surface area contributed by atoms with Gasteiger partial charge >= 0.3 is 5.97 Å². The number of cyclic esters (lactones) is 1. The van der Waals surface area contributed by atoms with Gasteiger partial charge in [-0.3, -0.25) is 19.3 Å². The van der Waals surface area contributed by atoms with E-state index < -0.39 is 0 Å². The van der Waals surface area contributed by atoms with E-state index in [4.69, 9.17) is 16.3 Å². The Morgan fingerprint density at radius 1 is 0.850 bits per heavy atom. The minimum Gasteiger partial charge on any atom is -0.463 e. The van der Waals surface area contributed by atoms with Crippen LogP contribution in [0.15, 0.2) is 97.1 Å². The van der Waals surface area contributed by atoms with Crippen LogP contribution in [-0.2, 0) is 16.1 Å². The molecule has 7 nitrogen and oxygen atoms in total. The van der Waals surface area contributed by atoms with Gasteiger partial charge in [0.15, 0.2) is 0 Å². The molecule has 6 rings (SSSR count). The number of rotatable bonds is 4. The smallest absolute Gasteiger partial charge is 0.320 e. The van der Waals surface area contributed by atoms with Crippen LogP contribution in [0.4, 0.5) is 11.4 Å². The fourth-order valence-electron chi connectivity index (χ4n) is 5.28. The number of para-hydroxylation sites is 1. The van der Waals surface area contributed by atoms with Crippen molar-refractivity contribution in [1.29, 1.82) is 0 Å². The Balaban J connectivity index is 1.25. The highest BCUT2D eigenvalue weighted by atomic mass is 35.5. The molecule has 0 aliphatic carbocycles. The summed E-state index contributed by atoms with van der Waals surface area (Å²) in [7, 11) is 0. The second-order valence-electron chi connectivity index (χ2n) is 9.85. The van der Waals surface area contributed by atoms with Crippen molar-refractivity contribution in [3.05, 3.63) is 119 Å². The molecule has 2 aliphatic rings. The van der Waals surface area contributed by atoms with Crippen molar-refractivity contribution in [2.75, 3.05) is 29.9 Å². The van der Waals surface area contributed by atoms with E-state index in [2.05, 4.69) is 5.32 Å². The number of esters is 1. The Kier molecular flexibility index (Phi) is 7.07. The summed E-state index contributed by atoms with van der Waals surface area (Å²) in [4.78, 5) is 42.8. The monoisotopic (exact) mass is 551 g/mol. The number of nitrogens with one attached hydrogen (secondary N) is 1. The minimum absolute atomic E-state index is 0.129. The number of morpholine rings is 1. The SMILES string of the molecule is O=C1CN2Cc3ccccc3N(C(=O)c3ccc(NC(=O)c4ccccc4-c4ccccc4)cc3Cl)CC2CO1. The van der Waals surface area contributed by atoms with Crippen molar-refractivity contribution in [1.82, 2.24) is 4.90 Å². The number of hydrogen-bond donors (Lipinski definition) is 1. The van der Waals surface area contributed by atoms with Gasteiger partial charge in [-0.05, 0) is 47.0 Å². The van der Waals surface area contributed by atoms with E-state index in [1.54, 1.807) is 29.2 Å². The number of carbonyl (C=O) groups excluding carboxylic acids is 3. The number of fused-ring (bicyclic) bond motifs is 2. The van der Waals surface area contributed by atoms with E-state index in [0.717, 1.165) is 22.4 Å². The van der Waals surface area contributed by atoms with Crippen molar-refractivity contribution < 1.29 is 19.1 Å². The van der Waals surface area contributed by atoms with E-state index >= 15 is 0 Å². The van der Waals surface area contributed by atoms with Gasteiger partial charge in [0.05, 0.1) is 23.2 Å². The van der Waals surface area contributed by atoms with Gasteiger partial charge in [-0.2, -0.15) is 0 Å². The van der Waals surface area contributed by atoms with Crippen LogP contribution < -0.4 is 10.2 Å². The maximum absolute atomic E-state index is 13.9. The molecule has 1 N–H and O–H groups in total. The van der Waals surface area contributed by atoms with Crippen LogP contribution in [0.1, 0.15) is 26.3 Å². The Labute approximate surface area is 236 Å². The van der Waals surface area contributed by atoms with Crippen LogP contribution in [0.3, 0.4) is 0 Å². The Morgan fingerprint density at radius 3 is 2.42 bits per heavy atom. The van der Waals surface area contributed by atoms with Crippen molar-refractivity contribution >= 4 is 40.8 Å². The van der Waals surface area contributed by atoms with Crippen LogP contribution in [-0.4, -0.2) is 48.4 Å². The zero-order valence-corrected chi connectivity index (χ0v) is 22.3. The summed E-state index contributed by atoms with van der Waals surface area (Å²) in [5.74, 6) is -0.799. The lowest BCUT2D eigenvalue weighted by atomic mass is 9.99. The Bertz CT molecular complexity index is 1610. The van der Waals surface area contributed by atoms with Gasteiger partial charge in [0.1, 0.15) is 6.61 Å². The predicted octanol–water partition coefficient (Wildman–Crippen LogP) is 5.65. The summed E-state index contributed by atoms with van der Waals surface area (Å²) in [6, 6.07) is 29.6. The summed E-state index contributed by atoms with van der Waals surface area (Å²) in [5, 5.41) is 3.15. The molecule has 2 aliphatic heterocycles. The first kappa shape index (κ1) is 25.8. The molecular weight excluding hydrogens is 526 g/mol. The molecule has 1 fully saturated rings. The normalized spacial score (nSPS) is 16.8. The predicted molar refractivity (Wildman–Crippen MR) is 155 cm³/mol. The van der Waals surface area contributed by atoms with Crippen LogP contribution in [0.5, 0.6) is 0 Å². The van der Waals surface area contributed by atoms with Crippen LogP contribution in [0.2, 0.25) is 5.02 Å². The average Bonchev–Trinajstić information content (AvgIpc) is 3.14.